The number of methoxy groups -OCH3 is 2. The molecule has 0 radical (unpaired) electrons. The summed E-state index contributed by atoms with van der Waals surface area (Å²) in [5.41, 5.74) is 0.469. The van der Waals surface area contributed by atoms with Gasteiger partial charge >= 0.3 is 18.0 Å². The van der Waals surface area contributed by atoms with E-state index in [9.17, 15) is 14.4 Å². The van der Waals surface area contributed by atoms with Gasteiger partial charge in [0.1, 0.15) is 6.54 Å². The third-order valence-electron chi connectivity index (χ3n) is 4.35. The summed E-state index contributed by atoms with van der Waals surface area (Å²) in [5, 5.41) is 2.29. The fourth-order valence-electron chi connectivity index (χ4n) is 3.15. The van der Waals surface area contributed by atoms with Gasteiger partial charge in [-0.3, -0.25) is 4.79 Å². The highest BCUT2D eigenvalue weighted by molar-refractivity contribution is 5.89. The number of nitrogens with one attached hydrogen (secondary N) is 1. The van der Waals surface area contributed by atoms with Crippen LogP contribution in [0.2, 0.25) is 0 Å². The lowest BCUT2D eigenvalue weighted by Crippen LogP contribution is -2.42. The molecule has 0 saturated heterocycles. The lowest BCUT2D eigenvalue weighted by atomic mass is 9.83. The van der Waals surface area contributed by atoms with Gasteiger partial charge in [0.15, 0.2) is 0 Å². The van der Waals surface area contributed by atoms with Crippen LogP contribution in [-0.2, 0) is 28.5 Å². The molecular weight excluding hydrogens is 306 g/mol. The zero-order chi connectivity index (χ0) is 17.0. The number of amides is 1. The Kier molecular flexibility index (Phi) is 5.46. The molecule has 1 fully saturated rings. The number of carbonyl (C=O) groups is 3. The Morgan fingerprint density at radius 3 is 2.65 bits per heavy atom. The van der Waals surface area contributed by atoms with Crippen LogP contribution in [0, 0.1) is 17.8 Å². The molecule has 4 unspecified atom stereocenters. The van der Waals surface area contributed by atoms with E-state index in [0.29, 0.717) is 5.57 Å². The van der Waals surface area contributed by atoms with Gasteiger partial charge in [-0.1, -0.05) is 6.92 Å². The van der Waals surface area contributed by atoms with Crippen LogP contribution >= 0.6 is 0 Å². The van der Waals surface area contributed by atoms with Crippen molar-refractivity contribution in [3.8, 4) is 0 Å². The van der Waals surface area contributed by atoms with E-state index in [-0.39, 0.29) is 24.3 Å². The van der Waals surface area contributed by atoms with Gasteiger partial charge in [-0.05, 0) is 18.8 Å². The van der Waals surface area contributed by atoms with Crippen molar-refractivity contribution in [2.24, 2.45) is 17.8 Å². The average molecular weight is 327 g/mol. The van der Waals surface area contributed by atoms with Gasteiger partial charge in [-0.15, -0.1) is 0 Å². The highest BCUT2D eigenvalue weighted by Gasteiger charge is 2.48. The van der Waals surface area contributed by atoms with E-state index < -0.39 is 24.3 Å². The molecule has 1 amide bonds. The van der Waals surface area contributed by atoms with Gasteiger partial charge < -0.3 is 24.3 Å². The predicted octanol–water partition coefficient (Wildman–Crippen LogP) is 0.961. The lowest BCUT2D eigenvalue weighted by Gasteiger charge is -2.34. The minimum atomic E-state index is -0.802. The molecule has 1 heterocycles. The zero-order valence-electron chi connectivity index (χ0n) is 13.4. The van der Waals surface area contributed by atoms with E-state index in [2.05, 4.69) is 10.1 Å². The Hall–Kier alpha value is -2.25. The van der Waals surface area contributed by atoms with E-state index in [0.717, 1.165) is 12.8 Å². The molecule has 8 heteroatoms. The third kappa shape index (κ3) is 3.75. The molecule has 2 aliphatic rings. The van der Waals surface area contributed by atoms with Gasteiger partial charge in [-0.25, -0.2) is 9.59 Å². The highest BCUT2D eigenvalue weighted by Crippen LogP contribution is 2.46. The number of hydrogen-bond donors (Lipinski definition) is 1. The lowest BCUT2D eigenvalue weighted by molar-refractivity contribution is -0.146. The number of rotatable bonds is 4. The quantitative estimate of drug-likeness (QED) is 0.606. The van der Waals surface area contributed by atoms with Crippen molar-refractivity contribution in [3.63, 3.8) is 0 Å². The first-order chi connectivity index (χ1) is 11.0. The molecule has 2 rings (SSSR count). The van der Waals surface area contributed by atoms with E-state index in [1.807, 2.05) is 6.92 Å². The van der Waals surface area contributed by atoms with E-state index >= 15 is 0 Å². The number of alkyl carbamates (subject to hydrolysis) is 1. The first-order valence-electron chi connectivity index (χ1n) is 7.43. The van der Waals surface area contributed by atoms with E-state index in [1.54, 1.807) is 0 Å². The molecule has 1 aliphatic heterocycles. The number of carbonyl (C=O) groups excluding carboxylic acids is 3. The summed E-state index contributed by atoms with van der Waals surface area (Å²) >= 11 is 0. The first-order valence-corrected chi connectivity index (χ1v) is 7.43. The summed E-state index contributed by atoms with van der Waals surface area (Å²) in [6.45, 7) is 1.74. The molecule has 128 valence electrons. The molecule has 4 atom stereocenters. The summed E-state index contributed by atoms with van der Waals surface area (Å²) in [4.78, 5) is 34.6. The van der Waals surface area contributed by atoms with Gasteiger partial charge in [0.05, 0.1) is 26.1 Å². The van der Waals surface area contributed by atoms with Crippen molar-refractivity contribution in [3.05, 3.63) is 11.8 Å². The van der Waals surface area contributed by atoms with Crippen molar-refractivity contribution in [2.75, 3.05) is 20.8 Å². The maximum atomic E-state index is 11.8. The minimum absolute atomic E-state index is 0.0652. The summed E-state index contributed by atoms with van der Waals surface area (Å²) in [6, 6.07) is 0. The molecule has 8 nitrogen and oxygen atoms in total. The van der Waals surface area contributed by atoms with Crippen LogP contribution in [0.3, 0.4) is 0 Å². The Morgan fingerprint density at radius 1 is 1.26 bits per heavy atom. The normalized spacial score (nSPS) is 28.7. The molecule has 0 aromatic carbocycles. The molecule has 23 heavy (non-hydrogen) atoms. The second-order valence-corrected chi connectivity index (χ2v) is 5.64. The molecule has 0 aromatic rings. The fraction of sp³-hybridized carbons (Fsp3) is 0.667. The summed E-state index contributed by atoms with van der Waals surface area (Å²) in [6.07, 6.45) is 1.44. The number of ether oxygens (including phenoxy) is 4. The molecule has 1 aliphatic carbocycles. The average Bonchev–Trinajstić information content (AvgIpc) is 2.94. The van der Waals surface area contributed by atoms with Crippen LogP contribution < -0.4 is 5.32 Å². The van der Waals surface area contributed by atoms with Gasteiger partial charge in [0, 0.05) is 11.8 Å². The molecular formula is C15H21NO7. The van der Waals surface area contributed by atoms with Crippen LogP contribution in [-0.4, -0.2) is 45.1 Å². The summed E-state index contributed by atoms with van der Waals surface area (Å²) < 4.78 is 19.9. The Bertz CT molecular complexity index is 516. The van der Waals surface area contributed by atoms with Crippen molar-refractivity contribution < 1.29 is 33.3 Å². The van der Waals surface area contributed by atoms with E-state index in [4.69, 9.17) is 14.2 Å². The summed E-state index contributed by atoms with van der Waals surface area (Å²) in [7, 11) is 2.54. The zero-order valence-corrected chi connectivity index (χ0v) is 13.4. The van der Waals surface area contributed by atoms with Gasteiger partial charge in [-0.2, -0.15) is 0 Å². The topological polar surface area (TPSA) is 100 Å². The fourth-order valence-corrected chi connectivity index (χ4v) is 3.15. The van der Waals surface area contributed by atoms with Crippen LogP contribution in [0.5, 0.6) is 0 Å². The number of hydrogen-bond acceptors (Lipinski definition) is 7. The maximum Gasteiger partial charge on any atom is 0.410 e. The molecule has 0 bridgehead atoms. The Labute approximate surface area is 134 Å². The molecule has 0 spiro atoms. The van der Waals surface area contributed by atoms with Crippen molar-refractivity contribution in [1.82, 2.24) is 5.32 Å². The Balaban J connectivity index is 2.02. The molecule has 1 N–H and O–H groups in total. The second-order valence-electron chi connectivity index (χ2n) is 5.64. The molecule has 1 saturated carbocycles. The predicted molar refractivity (Wildman–Crippen MR) is 76.8 cm³/mol. The van der Waals surface area contributed by atoms with Crippen molar-refractivity contribution in [2.45, 2.75) is 26.1 Å². The minimum Gasteiger partial charge on any atom is -0.468 e. The second kappa shape index (κ2) is 7.34. The first kappa shape index (κ1) is 17.1. The summed E-state index contributed by atoms with van der Waals surface area (Å²) in [5.74, 6) is -0.969. The largest absolute Gasteiger partial charge is 0.468 e. The SMILES string of the molecule is COC(=O)CNC(=O)OC1OC=C(C(=O)OC)C2CCC(C)C12. The third-order valence-corrected chi connectivity index (χ3v) is 4.35. The van der Waals surface area contributed by atoms with Gasteiger partial charge in [0.2, 0.25) is 6.29 Å². The highest BCUT2D eigenvalue weighted by atomic mass is 16.7. The monoisotopic (exact) mass is 327 g/mol. The van der Waals surface area contributed by atoms with Crippen molar-refractivity contribution in [1.29, 1.82) is 0 Å². The smallest absolute Gasteiger partial charge is 0.410 e. The standard InChI is InChI=1S/C15H21NO7/c1-8-4-5-9-10(13(18)21-3)7-22-14(12(8)9)23-15(19)16-6-11(17)20-2/h7-9,12,14H,4-6H2,1-3H3,(H,16,19). The van der Waals surface area contributed by atoms with Crippen molar-refractivity contribution >= 4 is 18.0 Å². The Morgan fingerprint density at radius 2 is 2.00 bits per heavy atom. The van der Waals surface area contributed by atoms with Gasteiger partial charge in [0.25, 0.3) is 0 Å². The molecule has 0 aromatic heterocycles. The maximum absolute atomic E-state index is 11.8. The van der Waals surface area contributed by atoms with Crippen LogP contribution in [0.15, 0.2) is 11.8 Å². The number of fused-ring (bicyclic) bond motifs is 1. The van der Waals surface area contributed by atoms with E-state index in [1.165, 1.54) is 20.5 Å². The van der Waals surface area contributed by atoms with Crippen LogP contribution in [0.1, 0.15) is 19.8 Å². The van der Waals surface area contributed by atoms with Crippen LogP contribution in [0.25, 0.3) is 0 Å². The number of esters is 2. The van der Waals surface area contributed by atoms with Crippen LogP contribution in [0.4, 0.5) is 4.79 Å².